The van der Waals surface area contributed by atoms with Crippen LogP contribution >= 0.6 is 44.1 Å². The lowest BCUT2D eigenvalue weighted by Crippen LogP contribution is -2.12. The predicted octanol–water partition coefficient (Wildman–Crippen LogP) is 4.73. The second-order valence-corrected chi connectivity index (χ2v) is 6.07. The smallest absolute Gasteiger partial charge is 0.147 e. The van der Waals surface area contributed by atoms with Crippen molar-refractivity contribution in [3.63, 3.8) is 0 Å². The molecule has 2 aromatic carbocycles. The van der Waals surface area contributed by atoms with E-state index < -0.39 is 0 Å². The van der Waals surface area contributed by atoms with Gasteiger partial charge in [-0.2, -0.15) is 0 Å². The van der Waals surface area contributed by atoms with Crippen LogP contribution in [0.25, 0.3) is 0 Å². The van der Waals surface area contributed by atoms with Gasteiger partial charge in [0.25, 0.3) is 0 Å². The quantitative estimate of drug-likeness (QED) is 0.727. The molecule has 0 bridgehead atoms. The number of nitrogens with one attached hydrogen (secondary N) is 1. The Morgan fingerprint density at radius 2 is 1.63 bits per heavy atom. The molecule has 2 aromatic rings. The highest BCUT2D eigenvalue weighted by molar-refractivity contribution is 9.10. The topological polar surface area (TPSA) is 38.0 Å². The van der Waals surface area contributed by atoms with Crippen molar-refractivity contribution in [1.82, 2.24) is 0 Å². The predicted molar refractivity (Wildman–Crippen MR) is 87.4 cm³/mol. The van der Waals surface area contributed by atoms with Crippen LogP contribution in [0.3, 0.4) is 0 Å². The van der Waals surface area contributed by atoms with Crippen LogP contribution in [0.2, 0.25) is 0 Å². The van der Waals surface area contributed by atoms with E-state index in [9.17, 15) is 4.39 Å². The fourth-order valence-corrected chi connectivity index (χ4v) is 2.43. The molecule has 0 aromatic heterocycles. The number of hydrogen-bond donors (Lipinski definition) is 2. The number of rotatable bonds is 3. The van der Waals surface area contributed by atoms with Crippen molar-refractivity contribution in [1.29, 1.82) is 0 Å². The normalized spacial score (nSPS) is 10.3. The van der Waals surface area contributed by atoms with Crippen LogP contribution in [0.5, 0.6) is 0 Å². The third-order valence-electron chi connectivity index (χ3n) is 2.45. The van der Waals surface area contributed by atoms with Crippen molar-refractivity contribution < 1.29 is 4.39 Å². The Bertz CT molecular complexity index is 647. The maximum atomic E-state index is 13.8. The summed E-state index contributed by atoms with van der Waals surface area (Å²) in [6, 6.07) is 10.2. The Morgan fingerprint density at radius 1 is 1.05 bits per heavy atom. The van der Waals surface area contributed by atoms with E-state index in [1.54, 1.807) is 24.3 Å². The zero-order chi connectivity index (χ0) is 14.0. The maximum absolute atomic E-state index is 13.8. The van der Waals surface area contributed by atoms with E-state index >= 15 is 0 Å². The molecule has 6 heteroatoms. The minimum atomic E-state index is -0.355. The lowest BCUT2D eigenvalue weighted by atomic mass is 10.1. The summed E-state index contributed by atoms with van der Waals surface area (Å²) in [6.07, 6.45) is 0. The number of nitrogens with two attached hydrogens (primary N) is 1. The fourth-order valence-electron chi connectivity index (χ4n) is 1.57. The number of benzene rings is 2. The van der Waals surface area contributed by atoms with Gasteiger partial charge >= 0.3 is 0 Å². The molecule has 0 radical (unpaired) electrons. The van der Waals surface area contributed by atoms with E-state index in [4.69, 9.17) is 18.0 Å². The zero-order valence-corrected chi connectivity index (χ0v) is 13.6. The SMILES string of the molecule is NC(=S)c1cc(Br)ccc1Nc1ccc(Br)cc1F. The van der Waals surface area contributed by atoms with E-state index in [1.165, 1.54) is 6.07 Å². The van der Waals surface area contributed by atoms with Crippen LogP contribution in [0.15, 0.2) is 45.3 Å². The standard InChI is InChI=1S/C13H9Br2FN2S/c14-7-1-3-11(9(5-7)13(17)19)18-12-4-2-8(15)6-10(12)16/h1-6,18H,(H2,17,19). The summed E-state index contributed by atoms with van der Waals surface area (Å²) in [7, 11) is 0. The second-order valence-electron chi connectivity index (χ2n) is 3.80. The molecular weight excluding hydrogens is 395 g/mol. The second kappa shape index (κ2) is 5.98. The van der Waals surface area contributed by atoms with Crippen LogP contribution in [-0.4, -0.2) is 4.99 Å². The Labute approximate surface area is 132 Å². The van der Waals surface area contributed by atoms with Gasteiger partial charge < -0.3 is 11.1 Å². The summed E-state index contributed by atoms with van der Waals surface area (Å²) in [4.78, 5) is 0.251. The minimum Gasteiger partial charge on any atom is -0.389 e. The van der Waals surface area contributed by atoms with Crippen LogP contribution in [0.1, 0.15) is 5.56 Å². The molecule has 0 heterocycles. The molecule has 2 nitrogen and oxygen atoms in total. The molecule has 98 valence electrons. The Morgan fingerprint density at radius 3 is 2.21 bits per heavy atom. The summed E-state index contributed by atoms with van der Waals surface area (Å²) in [6.45, 7) is 0. The molecule has 0 amide bonds. The molecule has 0 unspecified atom stereocenters. The molecule has 0 aliphatic carbocycles. The lowest BCUT2D eigenvalue weighted by molar-refractivity contribution is 0.631. The molecule has 19 heavy (non-hydrogen) atoms. The highest BCUT2D eigenvalue weighted by Gasteiger charge is 2.09. The van der Waals surface area contributed by atoms with Crippen LogP contribution in [-0.2, 0) is 0 Å². The van der Waals surface area contributed by atoms with Crippen molar-refractivity contribution in [2.45, 2.75) is 0 Å². The van der Waals surface area contributed by atoms with Gasteiger partial charge in [0, 0.05) is 20.2 Å². The van der Waals surface area contributed by atoms with Gasteiger partial charge in [-0.25, -0.2) is 4.39 Å². The van der Waals surface area contributed by atoms with Crippen LogP contribution in [0.4, 0.5) is 15.8 Å². The van der Waals surface area contributed by atoms with Crippen molar-refractivity contribution >= 4 is 60.4 Å². The molecule has 2 rings (SSSR count). The van der Waals surface area contributed by atoms with E-state index in [-0.39, 0.29) is 10.8 Å². The first-order valence-electron chi connectivity index (χ1n) is 5.29. The molecule has 3 N–H and O–H groups in total. The summed E-state index contributed by atoms with van der Waals surface area (Å²) >= 11 is 11.6. The molecular formula is C13H9Br2FN2S. The summed E-state index contributed by atoms with van der Waals surface area (Å²) in [5.41, 5.74) is 7.36. The van der Waals surface area contributed by atoms with Crippen molar-refractivity contribution in [2.75, 3.05) is 5.32 Å². The number of hydrogen-bond acceptors (Lipinski definition) is 2. The monoisotopic (exact) mass is 402 g/mol. The number of thiocarbonyl (C=S) groups is 1. The van der Waals surface area contributed by atoms with Gasteiger partial charge in [0.05, 0.1) is 5.69 Å². The molecule has 0 saturated carbocycles. The maximum Gasteiger partial charge on any atom is 0.147 e. The fraction of sp³-hybridized carbons (Fsp3) is 0. The van der Waals surface area contributed by atoms with Gasteiger partial charge in [0.1, 0.15) is 10.8 Å². The van der Waals surface area contributed by atoms with Crippen LogP contribution < -0.4 is 11.1 Å². The number of anilines is 2. The molecule has 0 saturated heterocycles. The first kappa shape index (κ1) is 14.4. The molecule has 0 fully saturated rings. The van der Waals surface area contributed by atoms with Gasteiger partial charge in [-0.05, 0) is 36.4 Å². The van der Waals surface area contributed by atoms with Gasteiger partial charge in [-0.1, -0.05) is 44.1 Å². The van der Waals surface area contributed by atoms with Crippen molar-refractivity contribution in [2.24, 2.45) is 5.73 Å². The molecule has 0 atom stereocenters. The number of halogens is 3. The Balaban J connectivity index is 2.40. The summed E-state index contributed by atoms with van der Waals surface area (Å²) in [5.74, 6) is -0.355. The highest BCUT2D eigenvalue weighted by atomic mass is 79.9. The first-order valence-corrected chi connectivity index (χ1v) is 7.28. The van der Waals surface area contributed by atoms with E-state index in [0.29, 0.717) is 21.4 Å². The molecule has 0 aliphatic heterocycles. The summed E-state index contributed by atoms with van der Waals surface area (Å²) in [5, 5.41) is 2.99. The highest BCUT2D eigenvalue weighted by Crippen LogP contribution is 2.27. The van der Waals surface area contributed by atoms with Gasteiger partial charge in [0.2, 0.25) is 0 Å². The summed E-state index contributed by atoms with van der Waals surface area (Å²) < 4.78 is 15.3. The van der Waals surface area contributed by atoms with Gasteiger partial charge in [-0.3, -0.25) is 0 Å². The Hall–Kier alpha value is -0.980. The first-order chi connectivity index (χ1) is 8.97. The molecule has 0 spiro atoms. The Kier molecular flexibility index (Phi) is 4.54. The van der Waals surface area contributed by atoms with E-state index in [2.05, 4.69) is 37.2 Å². The zero-order valence-electron chi connectivity index (χ0n) is 9.58. The average molecular weight is 404 g/mol. The van der Waals surface area contributed by atoms with E-state index in [1.807, 2.05) is 6.07 Å². The largest absolute Gasteiger partial charge is 0.389 e. The van der Waals surface area contributed by atoms with Crippen molar-refractivity contribution in [3.8, 4) is 0 Å². The van der Waals surface area contributed by atoms with E-state index in [0.717, 1.165) is 4.47 Å². The third-order valence-corrected chi connectivity index (χ3v) is 3.65. The minimum absolute atomic E-state index is 0.251. The van der Waals surface area contributed by atoms with Crippen molar-refractivity contribution in [3.05, 3.63) is 56.7 Å². The van der Waals surface area contributed by atoms with Gasteiger partial charge in [0.15, 0.2) is 0 Å². The average Bonchev–Trinajstić information content (AvgIpc) is 2.34. The lowest BCUT2D eigenvalue weighted by Gasteiger charge is -2.12. The van der Waals surface area contributed by atoms with Crippen LogP contribution in [0, 0.1) is 5.82 Å². The van der Waals surface area contributed by atoms with Gasteiger partial charge in [-0.15, -0.1) is 0 Å². The molecule has 0 aliphatic rings. The third kappa shape index (κ3) is 3.52.